The van der Waals surface area contributed by atoms with Gasteiger partial charge in [0, 0.05) is 24.1 Å². The lowest BCUT2D eigenvalue weighted by molar-refractivity contribution is 0.0595. The number of methoxy groups -OCH3 is 1. The highest BCUT2D eigenvalue weighted by atomic mass is 16.5. The van der Waals surface area contributed by atoms with E-state index in [1.54, 1.807) is 7.11 Å². The number of ether oxygens (including phenoxy) is 2. The van der Waals surface area contributed by atoms with Gasteiger partial charge < -0.3 is 14.8 Å². The van der Waals surface area contributed by atoms with E-state index in [4.69, 9.17) is 9.47 Å². The third kappa shape index (κ3) is 3.98. The van der Waals surface area contributed by atoms with Crippen molar-refractivity contribution in [3.05, 3.63) is 29.8 Å². The molecule has 0 radical (unpaired) electrons. The van der Waals surface area contributed by atoms with E-state index >= 15 is 0 Å². The molecule has 21 heavy (non-hydrogen) atoms. The molecular formula is C18H29NO2. The predicted molar refractivity (Wildman–Crippen MR) is 86.9 cm³/mol. The molecule has 1 aliphatic heterocycles. The molecule has 0 amide bonds. The zero-order chi connectivity index (χ0) is 15.5. The summed E-state index contributed by atoms with van der Waals surface area (Å²) in [6.07, 6.45) is 2.34. The van der Waals surface area contributed by atoms with Gasteiger partial charge in [-0.2, -0.15) is 0 Å². The fourth-order valence-electron chi connectivity index (χ4n) is 3.02. The van der Waals surface area contributed by atoms with Gasteiger partial charge in [0.05, 0.1) is 13.2 Å². The number of hydrogen-bond donors (Lipinski definition) is 1. The first-order valence-electron chi connectivity index (χ1n) is 7.85. The second kappa shape index (κ2) is 6.37. The summed E-state index contributed by atoms with van der Waals surface area (Å²) in [5.74, 6) is 0.978. The quantitative estimate of drug-likeness (QED) is 0.901. The average molecular weight is 291 g/mol. The first-order chi connectivity index (χ1) is 9.86. The van der Waals surface area contributed by atoms with Crippen LogP contribution in [0.3, 0.4) is 0 Å². The van der Waals surface area contributed by atoms with E-state index in [-0.39, 0.29) is 17.1 Å². The Hall–Kier alpha value is -1.06. The highest BCUT2D eigenvalue weighted by Crippen LogP contribution is 2.40. The molecule has 2 rings (SSSR count). The zero-order valence-corrected chi connectivity index (χ0v) is 14.0. The maximum Gasteiger partial charge on any atom is 0.122 e. The van der Waals surface area contributed by atoms with Crippen molar-refractivity contribution in [1.82, 2.24) is 5.32 Å². The largest absolute Gasteiger partial charge is 0.496 e. The minimum atomic E-state index is 0.121. The number of rotatable bonds is 5. The molecule has 1 N–H and O–H groups in total. The standard InChI is InChI=1S/C18H29NO2/c1-14-18(10-11-21-14,13-19-17(2,3)4)12-15-8-6-7-9-16(15)20-5/h6-9,14,19H,10-13H2,1-5H3. The van der Waals surface area contributed by atoms with Gasteiger partial charge in [-0.05, 0) is 52.2 Å². The van der Waals surface area contributed by atoms with Gasteiger partial charge in [0.25, 0.3) is 0 Å². The van der Waals surface area contributed by atoms with Crippen LogP contribution in [-0.4, -0.2) is 31.9 Å². The summed E-state index contributed by atoms with van der Waals surface area (Å²) in [6, 6.07) is 8.32. The maximum atomic E-state index is 5.90. The van der Waals surface area contributed by atoms with Crippen molar-refractivity contribution in [3.8, 4) is 5.75 Å². The van der Waals surface area contributed by atoms with Crippen LogP contribution in [0.25, 0.3) is 0 Å². The number of nitrogens with one attached hydrogen (secondary N) is 1. The highest BCUT2D eigenvalue weighted by Gasteiger charge is 2.42. The summed E-state index contributed by atoms with van der Waals surface area (Å²) in [6.45, 7) is 10.7. The first-order valence-corrected chi connectivity index (χ1v) is 7.85. The number of hydrogen-bond acceptors (Lipinski definition) is 3. The molecule has 1 fully saturated rings. The van der Waals surface area contributed by atoms with Crippen molar-refractivity contribution in [3.63, 3.8) is 0 Å². The van der Waals surface area contributed by atoms with Gasteiger partial charge in [-0.1, -0.05) is 18.2 Å². The van der Waals surface area contributed by atoms with Crippen LogP contribution in [0.1, 0.15) is 39.7 Å². The first kappa shape index (κ1) is 16.3. The van der Waals surface area contributed by atoms with E-state index in [2.05, 4.69) is 45.1 Å². The molecule has 1 aromatic carbocycles. The highest BCUT2D eigenvalue weighted by molar-refractivity contribution is 5.34. The molecule has 0 saturated carbocycles. The molecule has 3 nitrogen and oxygen atoms in total. The van der Waals surface area contributed by atoms with Crippen LogP contribution >= 0.6 is 0 Å². The Bertz CT molecular complexity index is 467. The van der Waals surface area contributed by atoms with E-state index in [0.29, 0.717) is 0 Å². The molecule has 2 atom stereocenters. The Morgan fingerprint density at radius 3 is 2.62 bits per heavy atom. The fraction of sp³-hybridized carbons (Fsp3) is 0.667. The van der Waals surface area contributed by atoms with Crippen LogP contribution in [0, 0.1) is 5.41 Å². The number of para-hydroxylation sites is 1. The molecule has 3 heteroatoms. The molecule has 0 aromatic heterocycles. The normalized spacial score (nSPS) is 26.0. The van der Waals surface area contributed by atoms with E-state index in [1.165, 1.54) is 5.56 Å². The molecular weight excluding hydrogens is 262 g/mol. The Labute approximate surface area is 129 Å². The molecule has 1 aliphatic rings. The maximum absolute atomic E-state index is 5.90. The molecule has 2 unspecified atom stereocenters. The third-order valence-electron chi connectivity index (χ3n) is 4.54. The van der Waals surface area contributed by atoms with E-state index in [1.807, 2.05) is 12.1 Å². The minimum absolute atomic E-state index is 0.121. The molecule has 118 valence electrons. The number of benzene rings is 1. The van der Waals surface area contributed by atoms with Crippen molar-refractivity contribution in [1.29, 1.82) is 0 Å². The Morgan fingerprint density at radius 1 is 1.33 bits per heavy atom. The van der Waals surface area contributed by atoms with Crippen LogP contribution in [0.5, 0.6) is 5.75 Å². The summed E-state index contributed by atoms with van der Waals surface area (Å²) in [5, 5.41) is 3.67. The summed E-state index contributed by atoms with van der Waals surface area (Å²) in [5.41, 5.74) is 1.53. The Kier molecular flexibility index (Phi) is 4.95. The van der Waals surface area contributed by atoms with Crippen LogP contribution in [0.4, 0.5) is 0 Å². The van der Waals surface area contributed by atoms with Crippen LogP contribution < -0.4 is 10.1 Å². The topological polar surface area (TPSA) is 30.5 Å². The summed E-state index contributed by atoms with van der Waals surface area (Å²) < 4.78 is 11.4. The van der Waals surface area contributed by atoms with E-state index in [9.17, 15) is 0 Å². The van der Waals surface area contributed by atoms with Gasteiger partial charge in [0.2, 0.25) is 0 Å². The Balaban J connectivity index is 2.20. The fourth-order valence-corrected chi connectivity index (χ4v) is 3.02. The predicted octanol–water partition coefficient (Wildman–Crippen LogP) is 3.42. The van der Waals surface area contributed by atoms with Gasteiger partial charge in [-0.25, -0.2) is 0 Å². The Morgan fingerprint density at radius 2 is 2.05 bits per heavy atom. The minimum Gasteiger partial charge on any atom is -0.496 e. The molecule has 0 spiro atoms. The van der Waals surface area contributed by atoms with Gasteiger partial charge in [0.15, 0.2) is 0 Å². The van der Waals surface area contributed by atoms with Gasteiger partial charge in [-0.3, -0.25) is 0 Å². The summed E-state index contributed by atoms with van der Waals surface area (Å²) >= 11 is 0. The smallest absolute Gasteiger partial charge is 0.122 e. The van der Waals surface area contributed by atoms with Crippen LogP contribution in [-0.2, 0) is 11.2 Å². The van der Waals surface area contributed by atoms with Crippen LogP contribution in [0.2, 0.25) is 0 Å². The van der Waals surface area contributed by atoms with Gasteiger partial charge >= 0.3 is 0 Å². The van der Waals surface area contributed by atoms with Gasteiger partial charge in [0.1, 0.15) is 5.75 Å². The second-order valence-electron chi connectivity index (χ2n) is 7.22. The monoisotopic (exact) mass is 291 g/mol. The zero-order valence-electron chi connectivity index (χ0n) is 14.0. The molecule has 0 bridgehead atoms. The van der Waals surface area contributed by atoms with E-state index in [0.717, 1.165) is 31.7 Å². The van der Waals surface area contributed by atoms with Crippen molar-refractivity contribution in [2.75, 3.05) is 20.3 Å². The summed E-state index contributed by atoms with van der Waals surface area (Å²) in [4.78, 5) is 0. The lowest BCUT2D eigenvalue weighted by Crippen LogP contribution is -2.47. The summed E-state index contributed by atoms with van der Waals surface area (Å²) in [7, 11) is 1.74. The molecule has 1 heterocycles. The van der Waals surface area contributed by atoms with Gasteiger partial charge in [-0.15, -0.1) is 0 Å². The lowest BCUT2D eigenvalue weighted by Gasteiger charge is -2.36. The second-order valence-corrected chi connectivity index (χ2v) is 7.22. The molecule has 0 aliphatic carbocycles. The van der Waals surface area contributed by atoms with Crippen molar-refractivity contribution >= 4 is 0 Å². The SMILES string of the molecule is COc1ccccc1CC1(CNC(C)(C)C)CCOC1C. The third-order valence-corrected chi connectivity index (χ3v) is 4.54. The van der Waals surface area contributed by atoms with Crippen molar-refractivity contribution < 1.29 is 9.47 Å². The van der Waals surface area contributed by atoms with Crippen molar-refractivity contribution in [2.45, 2.75) is 52.2 Å². The van der Waals surface area contributed by atoms with Crippen LogP contribution in [0.15, 0.2) is 24.3 Å². The van der Waals surface area contributed by atoms with Crippen molar-refractivity contribution in [2.24, 2.45) is 5.41 Å². The molecule has 1 saturated heterocycles. The lowest BCUT2D eigenvalue weighted by atomic mass is 9.75. The molecule has 1 aromatic rings. The van der Waals surface area contributed by atoms with E-state index < -0.39 is 0 Å². The average Bonchev–Trinajstić information content (AvgIpc) is 2.78.